The summed E-state index contributed by atoms with van der Waals surface area (Å²) in [6, 6.07) is 0. The molecule has 0 saturated heterocycles. The van der Waals surface area contributed by atoms with E-state index in [9.17, 15) is 43.2 Å². The number of phosphoric acid groups is 2. The molecule has 0 aliphatic heterocycles. The van der Waals surface area contributed by atoms with Gasteiger partial charge in [0.15, 0.2) is 12.2 Å². The van der Waals surface area contributed by atoms with Crippen LogP contribution in [-0.2, 0) is 65.4 Å². The van der Waals surface area contributed by atoms with Crippen molar-refractivity contribution >= 4 is 39.5 Å². The van der Waals surface area contributed by atoms with Gasteiger partial charge in [-0.2, -0.15) is 0 Å². The van der Waals surface area contributed by atoms with Crippen molar-refractivity contribution in [3.8, 4) is 0 Å². The van der Waals surface area contributed by atoms with E-state index in [0.717, 1.165) is 108 Å². The molecule has 0 heterocycles. The SMILES string of the molecule is CC(C)CCCCCCCCCCCCCCCCCC(=O)O[C@H](COC(=O)CCCCCCCCC(C)C)COP(=O)(O)OCC(O)COP(=O)(O)OC[C@@H](COC(=O)CCCCCCCCCCC(C)C)OC(=O)CCCCCCCCCC(C)C. The van der Waals surface area contributed by atoms with Gasteiger partial charge in [-0.25, -0.2) is 9.13 Å². The molecule has 0 amide bonds. The molecule has 17 nitrogen and oxygen atoms in total. The van der Waals surface area contributed by atoms with Crippen LogP contribution in [0, 0.1) is 23.7 Å². The molecule has 0 aliphatic carbocycles. The number of ether oxygens (including phenoxy) is 4. The molecule has 0 aromatic carbocycles. The van der Waals surface area contributed by atoms with Gasteiger partial charge in [0.1, 0.15) is 19.3 Å². The molecule has 3 unspecified atom stereocenters. The lowest BCUT2D eigenvalue weighted by atomic mass is 10.0. The normalized spacial score (nSPS) is 14.3. The zero-order valence-corrected chi connectivity index (χ0v) is 59.1. The molecule has 0 spiro atoms. The van der Waals surface area contributed by atoms with Gasteiger partial charge in [0.25, 0.3) is 0 Å². The second-order valence-corrected chi connectivity index (χ2v) is 29.7. The van der Waals surface area contributed by atoms with Crippen LogP contribution in [-0.4, -0.2) is 96.7 Å². The predicted molar refractivity (Wildman–Crippen MR) is 354 cm³/mol. The molecule has 0 fully saturated rings. The molecule has 19 heteroatoms. The summed E-state index contributed by atoms with van der Waals surface area (Å²) in [4.78, 5) is 72.4. The quantitative estimate of drug-likeness (QED) is 0.0222. The van der Waals surface area contributed by atoms with Crippen molar-refractivity contribution in [2.75, 3.05) is 39.6 Å². The van der Waals surface area contributed by atoms with Crippen LogP contribution in [0.1, 0.15) is 338 Å². The van der Waals surface area contributed by atoms with E-state index in [2.05, 4.69) is 55.4 Å². The minimum atomic E-state index is -4.95. The molecule has 0 radical (unpaired) electrons. The number of unbranched alkanes of at least 4 members (excludes halogenated alkanes) is 32. The van der Waals surface area contributed by atoms with Crippen molar-refractivity contribution < 1.29 is 80.2 Å². The Kier molecular flexibility index (Phi) is 57.6. The van der Waals surface area contributed by atoms with E-state index in [-0.39, 0.29) is 25.7 Å². The zero-order valence-electron chi connectivity index (χ0n) is 57.3. The largest absolute Gasteiger partial charge is 0.472 e. The number of carbonyl (C=O) groups is 4. The van der Waals surface area contributed by atoms with Crippen LogP contribution in [0.4, 0.5) is 0 Å². The smallest absolute Gasteiger partial charge is 0.462 e. The first-order valence-corrected chi connectivity index (χ1v) is 38.7. The first kappa shape index (κ1) is 86.1. The Bertz CT molecular complexity index is 1750. The van der Waals surface area contributed by atoms with Crippen molar-refractivity contribution in [2.24, 2.45) is 23.7 Å². The summed E-state index contributed by atoms with van der Waals surface area (Å²) in [5.41, 5.74) is 0. The van der Waals surface area contributed by atoms with Crippen molar-refractivity contribution in [1.29, 1.82) is 0 Å². The number of carbonyl (C=O) groups excluding carboxylic acids is 4. The van der Waals surface area contributed by atoms with Gasteiger partial charge in [-0.15, -0.1) is 0 Å². The lowest BCUT2D eigenvalue weighted by Gasteiger charge is -2.21. The van der Waals surface area contributed by atoms with E-state index >= 15 is 0 Å². The van der Waals surface area contributed by atoms with Gasteiger partial charge < -0.3 is 33.8 Å². The molecule has 3 N–H and O–H groups in total. The molecular weight excluding hydrogens is 1160 g/mol. The molecule has 5 atom stereocenters. The average Bonchev–Trinajstić information content (AvgIpc) is 3.56. The molecule has 0 saturated carbocycles. The van der Waals surface area contributed by atoms with E-state index in [1.807, 2.05) is 0 Å². The van der Waals surface area contributed by atoms with Crippen LogP contribution in [0.2, 0.25) is 0 Å². The Morgan fingerprint density at radius 3 is 0.705 bits per heavy atom. The van der Waals surface area contributed by atoms with Crippen LogP contribution in [0.25, 0.3) is 0 Å². The van der Waals surface area contributed by atoms with E-state index in [1.54, 1.807) is 0 Å². The molecule has 88 heavy (non-hydrogen) atoms. The minimum Gasteiger partial charge on any atom is -0.462 e. The van der Waals surface area contributed by atoms with E-state index < -0.39 is 97.5 Å². The summed E-state index contributed by atoms with van der Waals surface area (Å²) in [6.45, 7) is 14.0. The first-order chi connectivity index (χ1) is 42.1. The van der Waals surface area contributed by atoms with Crippen LogP contribution in [0.3, 0.4) is 0 Å². The average molecular weight is 1300 g/mol. The summed E-state index contributed by atoms with van der Waals surface area (Å²) >= 11 is 0. The Labute approximate surface area is 537 Å². The highest BCUT2D eigenvalue weighted by molar-refractivity contribution is 7.47. The number of aliphatic hydroxyl groups is 1. The van der Waals surface area contributed by atoms with E-state index in [0.29, 0.717) is 37.5 Å². The maximum atomic E-state index is 13.0. The Morgan fingerprint density at radius 2 is 0.477 bits per heavy atom. The Hall–Kier alpha value is -1.94. The van der Waals surface area contributed by atoms with Crippen molar-refractivity contribution in [3.05, 3.63) is 0 Å². The third kappa shape index (κ3) is 62.8. The Balaban J connectivity index is 5.19. The maximum Gasteiger partial charge on any atom is 0.472 e. The summed E-state index contributed by atoms with van der Waals surface area (Å²) in [7, 11) is -9.90. The molecular formula is C69H134O17P2. The number of esters is 4. The summed E-state index contributed by atoms with van der Waals surface area (Å²) in [6.07, 6.45) is 40.7. The molecule has 0 aromatic rings. The fourth-order valence-electron chi connectivity index (χ4n) is 10.3. The third-order valence-corrected chi connectivity index (χ3v) is 17.7. The summed E-state index contributed by atoms with van der Waals surface area (Å²) in [5, 5.41) is 10.6. The molecule has 0 bridgehead atoms. The van der Waals surface area contributed by atoms with Crippen LogP contribution < -0.4 is 0 Å². The van der Waals surface area contributed by atoms with Crippen LogP contribution >= 0.6 is 15.6 Å². The zero-order chi connectivity index (χ0) is 65.4. The van der Waals surface area contributed by atoms with Gasteiger partial charge in [-0.05, 0) is 49.4 Å². The fraction of sp³-hybridized carbons (Fsp3) is 0.942. The summed E-state index contributed by atoms with van der Waals surface area (Å²) in [5.74, 6) is 0.769. The van der Waals surface area contributed by atoms with Gasteiger partial charge in [0, 0.05) is 25.7 Å². The lowest BCUT2D eigenvalue weighted by molar-refractivity contribution is -0.161. The minimum absolute atomic E-state index is 0.102. The number of phosphoric ester groups is 2. The number of rotatable bonds is 66. The highest BCUT2D eigenvalue weighted by Crippen LogP contribution is 2.45. The molecule has 0 aromatic heterocycles. The first-order valence-electron chi connectivity index (χ1n) is 35.7. The maximum absolute atomic E-state index is 13.0. The van der Waals surface area contributed by atoms with E-state index in [4.69, 9.17) is 37.0 Å². The van der Waals surface area contributed by atoms with Gasteiger partial charge in [-0.1, -0.05) is 287 Å². The highest BCUT2D eigenvalue weighted by atomic mass is 31.2. The van der Waals surface area contributed by atoms with Crippen molar-refractivity contribution in [2.45, 2.75) is 356 Å². The number of hydrogen-bond acceptors (Lipinski definition) is 15. The number of hydrogen-bond donors (Lipinski definition) is 3. The summed E-state index contributed by atoms with van der Waals surface area (Å²) < 4.78 is 68.2. The monoisotopic (exact) mass is 1300 g/mol. The van der Waals surface area contributed by atoms with Crippen LogP contribution in [0.15, 0.2) is 0 Å². The van der Waals surface area contributed by atoms with Crippen molar-refractivity contribution in [1.82, 2.24) is 0 Å². The van der Waals surface area contributed by atoms with Gasteiger partial charge in [0.05, 0.1) is 26.4 Å². The second kappa shape index (κ2) is 58.8. The van der Waals surface area contributed by atoms with Crippen LogP contribution in [0.5, 0.6) is 0 Å². The second-order valence-electron chi connectivity index (χ2n) is 26.8. The van der Waals surface area contributed by atoms with E-state index in [1.165, 1.54) is 135 Å². The Morgan fingerprint density at radius 1 is 0.284 bits per heavy atom. The molecule has 0 rings (SSSR count). The predicted octanol–water partition coefficient (Wildman–Crippen LogP) is 19.3. The van der Waals surface area contributed by atoms with Gasteiger partial charge >= 0.3 is 39.5 Å². The highest BCUT2D eigenvalue weighted by Gasteiger charge is 2.30. The van der Waals surface area contributed by atoms with Gasteiger partial charge in [-0.3, -0.25) is 37.3 Å². The van der Waals surface area contributed by atoms with Crippen molar-refractivity contribution in [3.63, 3.8) is 0 Å². The molecule has 0 aliphatic rings. The number of aliphatic hydroxyl groups excluding tert-OH is 1. The fourth-order valence-corrected chi connectivity index (χ4v) is 11.9. The standard InChI is InChI=1S/C69H134O17P2/c1-59(2)45-37-29-21-16-14-12-10-9-11-13-15-17-25-35-43-51-68(73)85-65(56-80-67(72)50-42-34-28-27-32-40-48-62(7)8)58-84-88(77,78)82-54-63(70)53-81-87(75,76)83-57-64(86-69(74)52-44-36-26-20-23-31-39-47-61(5)6)55-79-66(71)49-41-33-24-19-18-22-30-38-46-60(3)4/h59-65,70H,9-58H2,1-8H3,(H,75,76)(H,77,78)/t63?,64-,65-/m1/s1. The lowest BCUT2D eigenvalue weighted by Crippen LogP contribution is -2.30. The van der Waals surface area contributed by atoms with Gasteiger partial charge in [0.2, 0.25) is 0 Å². The topological polar surface area (TPSA) is 237 Å². The third-order valence-electron chi connectivity index (χ3n) is 15.8. The molecule has 522 valence electrons.